The molecule has 3 aromatic rings. The SMILES string of the molecule is C=CCN1C(=O)C(=Cc2c(-c3ccccc3)nn(C)c2Sc2ccccc2)C(O)NC1=S. The van der Waals surface area contributed by atoms with Gasteiger partial charge in [-0.2, -0.15) is 5.10 Å². The maximum Gasteiger partial charge on any atom is 0.260 e. The van der Waals surface area contributed by atoms with Crippen LogP contribution in [0.15, 0.2) is 88.8 Å². The van der Waals surface area contributed by atoms with E-state index in [1.807, 2.05) is 67.7 Å². The van der Waals surface area contributed by atoms with E-state index in [9.17, 15) is 9.90 Å². The smallest absolute Gasteiger partial charge is 0.260 e. The minimum absolute atomic E-state index is 0.174. The van der Waals surface area contributed by atoms with Gasteiger partial charge in [0.15, 0.2) is 11.3 Å². The van der Waals surface area contributed by atoms with Crippen molar-refractivity contribution in [2.45, 2.75) is 16.1 Å². The number of carbonyl (C=O) groups is 1. The second kappa shape index (κ2) is 9.52. The molecule has 2 heterocycles. The Kier molecular flexibility index (Phi) is 6.55. The van der Waals surface area contributed by atoms with Crippen LogP contribution in [0.5, 0.6) is 0 Å². The van der Waals surface area contributed by atoms with Crippen molar-refractivity contribution >= 4 is 41.1 Å². The van der Waals surface area contributed by atoms with Gasteiger partial charge in [0, 0.05) is 29.6 Å². The monoisotopic (exact) mass is 462 g/mol. The van der Waals surface area contributed by atoms with Crippen LogP contribution in [0.25, 0.3) is 17.3 Å². The van der Waals surface area contributed by atoms with Gasteiger partial charge in [-0.15, -0.1) is 6.58 Å². The molecule has 0 bridgehead atoms. The van der Waals surface area contributed by atoms with Gasteiger partial charge < -0.3 is 10.4 Å². The van der Waals surface area contributed by atoms with Crippen molar-refractivity contribution in [3.8, 4) is 11.3 Å². The molecule has 1 unspecified atom stereocenters. The van der Waals surface area contributed by atoms with Crippen LogP contribution in [-0.2, 0) is 11.8 Å². The summed E-state index contributed by atoms with van der Waals surface area (Å²) in [6.07, 6.45) is 2.09. The number of hydrogen-bond donors (Lipinski definition) is 2. The summed E-state index contributed by atoms with van der Waals surface area (Å²) in [6, 6.07) is 19.7. The van der Waals surface area contributed by atoms with Crippen molar-refractivity contribution in [1.82, 2.24) is 20.0 Å². The number of rotatable bonds is 6. The fourth-order valence-corrected chi connectivity index (χ4v) is 4.64. The van der Waals surface area contributed by atoms with Crippen molar-refractivity contribution in [3.63, 3.8) is 0 Å². The number of nitrogens with zero attached hydrogens (tertiary/aromatic N) is 3. The van der Waals surface area contributed by atoms with Gasteiger partial charge in [0.1, 0.15) is 10.7 Å². The minimum Gasteiger partial charge on any atom is -0.369 e. The second-order valence-corrected chi connectivity index (χ2v) is 8.58. The first-order chi connectivity index (χ1) is 15.5. The van der Waals surface area contributed by atoms with Gasteiger partial charge in [-0.25, -0.2) is 0 Å². The Balaban J connectivity index is 1.86. The summed E-state index contributed by atoms with van der Waals surface area (Å²) >= 11 is 6.77. The van der Waals surface area contributed by atoms with Gasteiger partial charge in [-0.3, -0.25) is 14.4 Å². The minimum atomic E-state index is -1.21. The molecule has 1 aromatic heterocycles. The number of hydrogen-bond acceptors (Lipinski definition) is 5. The maximum atomic E-state index is 13.2. The van der Waals surface area contributed by atoms with E-state index in [0.717, 1.165) is 26.7 Å². The Morgan fingerprint density at radius 1 is 1.19 bits per heavy atom. The molecule has 6 nitrogen and oxygen atoms in total. The summed E-state index contributed by atoms with van der Waals surface area (Å²) in [5.74, 6) is -0.361. The average Bonchev–Trinajstić information content (AvgIpc) is 3.10. The standard InChI is InChI=1S/C24H22N4O2S2/c1-3-14-28-22(30)19(21(29)25-24(28)31)15-18-20(16-10-6-4-7-11-16)26-27(2)23(18)32-17-12-8-5-9-13-17/h3-13,15,21,29H,1,14H2,2H3,(H,25,31). The van der Waals surface area contributed by atoms with Gasteiger partial charge in [-0.1, -0.05) is 66.4 Å². The molecule has 1 fully saturated rings. The Hall–Kier alpha value is -3.20. The number of amides is 1. The predicted octanol–water partition coefficient (Wildman–Crippen LogP) is 3.84. The van der Waals surface area contributed by atoms with Gasteiger partial charge >= 0.3 is 0 Å². The van der Waals surface area contributed by atoms with Crippen LogP contribution in [0.1, 0.15) is 5.56 Å². The Labute approximate surface area is 196 Å². The number of aryl methyl sites for hydroxylation is 1. The van der Waals surface area contributed by atoms with E-state index in [0.29, 0.717) is 0 Å². The zero-order chi connectivity index (χ0) is 22.7. The molecule has 162 valence electrons. The summed E-state index contributed by atoms with van der Waals surface area (Å²) in [5, 5.41) is 19.2. The molecule has 1 amide bonds. The lowest BCUT2D eigenvalue weighted by atomic mass is 10.0. The van der Waals surface area contributed by atoms with Gasteiger partial charge in [-0.05, 0) is 30.4 Å². The summed E-state index contributed by atoms with van der Waals surface area (Å²) in [6.45, 7) is 3.94. The number of aliphatic hydroxyl groups is 1. The van der Waals surface area contributed by atoms with E-state index in [-0.39, 0.29) is 23.1 Å². The van der Waals surface area contributed by atoms with E-state index in [1.165, 1.54) is 4.90 Å². The molecule has 1 aliphatic rings. The molecule has 0 saturated carbocycles. The number of nitrogens with one attached hydrogen (secondary N) is 1. The van der Waals surface area contributed by atoms with Crippen LogP contribution in [0.2, 0.25) is 0 Å². The predicted molar refractivity (Wildman–Crippen MR) is 131 cm³/mol. The molecular weight excluding hydrogens is 440 g/mol. The Morgan fingerprint density at radius 2 is 1.84 bits per heavy atom. The van der Waals surface area contributed by atoms with E-state index < -0.39 is 6.23 Å². The number of carbonyl (C=O) groups excluding carboxylic acids is 1. The summed E-state index contributed by atoms with van der Waals surface area (Å²) in [5.41, 5.74) is 2.59. The van der Waals surface area contributed by atoms with Crippen molar-refractivity contribution in [3.05, 3.63) is 84.5 Å². The Morgan fingerprint density at radius 3 is 2.50 bits per heavy atom. The first-order valence-electron chi connectivity index (χ1n) is 9.98. The number of aliphatic hydroxyl groups excluding tert-OH is 1. The van der Waals surface area contributed by atoms with E-state index in [4.69, 9.17) is 17.3 Å². The lowest BCUT2D eigenvalue weighted by molar-refractivity contribution is -0.125. The molecule has 8 heteroatoms. The van der Waals surface area contributed by atoms with Crippen LogP contribution in [0.3, 0.4) is 0 Å². The average molecular weight is 463 g/mol. The van der Waals surface area contributed by atoms with Gasteiger partial charge in [0.2, 0.25) is 0 Å². The molecule has 1 atom stereocenters. The Bertz CT molecular complexity index is 1190. The number of benzene rings is 2. The van der Waals surface area contributed by atoms with E-state index >= 15 is 0 Å². The highest BCUT2D eigenvalue weighted by Gasteiger charge is 2.33. The van der Waals surface area contributed by atoms with Crippen molar-refractivity contribution in [2.24, 2.45) is 7.05 Å². The third-order valence-electron chi connectivity index (χ3n) is 4.94. The second-order valence-electron chi connectivity index (χ2n) is 7.13. The molecular formula is C24H22N4O2S2. The molecule has 4 rings (SSSR count). The van der Waals surface area contributed by atoms with Gasteiger partial charge in [0.25, 0.3) is 5.91 Å². The molecule has 2 N–H and O–H groups in total. The fraction of sp³-hybridized carbons (Fsp3) is 0.125. The molecule has 32 heavy (non-hydrogen) atoms. The van der Waals surface area contributed by atoms with Crippen LogP contribution < -0.4 is 5.32 Å². The number of thiocarbonyl (C=S) groups is 1. The summed E-state index contributed by atoms with van der Waals surface area (Å²) in [7, 11) is 1.87. The lowest BCUT2D eigenvalue weighted by Crippen LogP contribution is -2.55. The van der Waals surface area contributed by atoms with Crippen LogP contribution >= 0.6 is 24.0 Å². The highest BCUT2D eigenvalue weighted by Crippen LogP contribution is 2.37. The van der Waals surface area contributed by atoms with Gasteiger partial charge in [0.05, 0.1) is 5.57 Å². The van der Waals surface area contributed by atoms with E-state index in [1.54, 1.807) is 28.6 Å². The topological polar surface area (TPSA) is 70.4 Å². The molecule has 0 spiro atoms. The highest BCUT2D eigenvalue weighted by atomic mass is 32.2. The molecule has 0 aliphatic carbocycles. The zero-order valence-corrected chi connectivity index (χ0v) is 19.1. The van der Waals surface area contributed by atoms with Crippen molar-refractivity contribution < 1.29 is 9.90 Å². The van der Waals surface area contributed by atoms with Crippen LogP contribution in [0, 0.1) is 0 Å². The van der Waals surface area contributed by atoms with Crippen LogP contribution in [0.4, 0.5) is 0 Å². The molecule has 2 aromatic carbocycles. The molecule has 1 aliphatic heterocycles. The third kappa shape index (κ3) is 4.38. The maximum absolute atomic E-state index is 13.2. The summed E-state index contributed by atoms with van der Waals surface area (Å²) < 4.78 is 1.80. The normalized spacial score (nSPS) is 17.5. The quantitative estimate of drug-likeness (QED) is 0.330. The first kappa shape index (κ1) is 22.0. The largest absolute Gasteiger partial charge is 0.369 e. The van der Waals surface area contributed by atoms with Crippen molar-refractivity contribution in [2.75, 3.05) is 6.54 Å². The van der Waals surface area contributed by atoms with Crippen molar-refractivity contribution in [1.29, 1.82) is 0 Å². The molecule has 1 saturated heterocycles. The third-order valence-corrected chi connectivity index (χ3v) is 6.46. The lowest BCUT2D eigenvalue weighted by Gasteiger charge is -2.32. The first-order valence-corrected chi connectivity index (χ1v) is 11.2. The highest BCUT2D eigenvalue weighted by molar-refractivity contribution is 7.99. The fourth-order valence-electron chi connectivity index (χ4n) is 3.41. The molecule has 0 radical (unpaired) electrons. The zero-order valence-electron chi connectivity index (χ0n) is 17.4. The summed E-state index contributed by atoms with van der Waals surface area (Å²) in [4.78, 5) is 15.6. The van der Waals surface area contributed by atoms with E-state index in [2.05, 4.69) is 11.9 Å². The number of aromatic nitrogens is 2. The van der Waals surface area contributed by atoms with Crippen LogP contribution in [-0.4, -0.2) is 43.6 Å².